The molecule has 0 saturated heterocycles. The lowest BCUT2D eigenvalue weighted by atomic mass is 10.0. The van der Waals surface area contributed by atoms with Gasteiger partial charge in [0.2, 0.25) is 5.89 Å². The first kappa shape index (κ1) is 13.7. The second-order valence-corrected chi connectivity index (χ2v) is 4.91. The maximum absolute atomic E-state index is 5.25. The zero-order chi connectivity index (χ0) is 13.7. The van der Waals surface area contributed by atoms with Gasteiger partial charge in [-0.25, -0.2) is 0 Å². The molecule has 0 fully saturated rings. The van der Waals surface area contributed by atoms with Gasteiger partial charge in [-0.15, -0.1) is 0 Å². The van der Waals surface area contributed by atoms with Crippen molar-refractivity contribution in [3.63, 3.8) is 0 Å². The van der Waals surface area contributed by atoms with Gasteiger partial charge in [0.1, 0.15) is 0 Å². The predicted molar refractivity (Wildman–Crippen MR) is 75.3 cm³/mol. The van der Waals surface area contributed by atoms with E-state index in [0.717, 1.165) is 37.5 Å². The number of aromatic nitrogens is 2. The molecule has 0 saturated carbocycles. The first-order chi connectivity index (χ1) is 9.19. The number of rotatable bonds is 6. The Kier molecular flexibility index (Phi) is 4.68. The van der Waals surface area contributed by atoms with Gasteiger partial charge in [0.15, 0.2) is 5.82 Å². The average molecular weight is 259 g/mol. The molecule has 0 aliphatic rings. The Morgan fingerprint density at radius 2 is 2.05 bits per heavy atom. The number of hydrogen-bond donors (Lipinski definition) is 1. The van der Waals surface area contributed by atoms with E-state index in [4.69, 9.17) is 4.52 Å². The van der Waals surface area contributed by atoms with Gasteiger partial charge in [0.05, 0.1) is 0 Å². The van der Waals surface area contributed by atoms with Crippen LogP contribution in [0.25, 0.3) is 0 Å². The molecule has 1 aromatic heterocycles. The van der Waals surface area contributed by atoms with Crippen molar-refractivity contribution in [2.75, 3.05) is 13.6 Å². The summed E-state index contributed by atoms with van der Waals surface area (Å²) < 4.78 is 5.25. The Bertz CT molecular complexity index is 534. The van der Waals surface area contributed by atoms with Crippen LogP contribution in [-0.2, 0) is 12.8 Å². The fourth-order valence-electron chi connectivity index (χ4n) is 1.98. The van der Waals surface area contributed by atoms with Crippen LogP contribution in [0.2, 0.25) is 0 Å². The minimum Gasteiger partial charge on any atom is -0.339 e. The summed E-state index contributed by atoms with van der Waals surface area (Å²) in [6, 6.07) is 6.45. The number of nitrogens with zero attached hydrogens (tertiary/aromatic N) is 2. The third-order valence-electron chi connectivity index (χ3n) is 3.26. The minimum atomic E-state index is 0.731. The monoisotopic (exact) mass is 259 g/mol. The summed E-state index contributed by atoms with van der Waals surface area (Å²) in [4.78, 5) is 4.42. The third-order valence-corrected chi connectivity index (χ3v) is 3.26. The van der Waals surface area contributed by atoms with Crippen molar-refractivity contribution in [1.82, 2.24) is 15.5 Å². The summed E-state index contributed by atoms with van der Waals surface area (Å²) in [6.45, 7) is 5.21. The SMILES string of the molecule is CNCCCc1nc(Cc2ccc(C)c(C)c2)no1. The van der Waals surface area contributed by atoms with Gasteiger partial charge in [-0.2, -0.15) is 4.98 Å². The van der Waals surface area contributed by atoms with Gasteiger partial charge in [0, 0.05) is 12.8 Å². The second kappa shape index (κ2) is 6.48. The molecule has 0 bridgehead atoms. The normalized spacial score (nSPS) is 10.9. The Balaban J connectivity index is 1.97. The highest BCUT2D eigenvalue weighted by atomic mass is 16.5. The van der Waals surface area contributed by atoms with Crippen molar-refractivity contribution >= 4 is 0 Å². The molecule has 0 amide bonds. The van der Waals surface area contributed by atoms with Gasteiger partial charge in [-0.1, -0.05) is 23.4 Å². The largest absolute Gasteiger partial charge is 0.339 e. The average Bonchev–Trinajstić information content (AvgIpc) is 2.82. The van der Waals surface area contributed by atoms with E-state index in [-0.39, 0.29) is 0 Å². The van der Waals surface area contributed by atoms with Gasteiger partial charge in [-0.3, -0.25) is 0 Å². The van der Waals surface area contributed by atoms with Crippen LogP contribution in [-0.4, -0.2) is 23.7 Å². The summed E-state index contributed by atoms with van der Waals surface area (Å²) in [7, 11) is 1.94. The minimum absolute atomic E-state index is 0.731. The van der Waals surface area contributed by atoms with Crippen LogP contribution in [0.5, 0.6) is 0 Å². The molecule has 19 heavy (non-hydrogen) atoms. The standard InChI is InChI=1S/C15H21N3O/c1-11-6-7-13(9-12(11)2)10-14-17-15(19-18-14)5-4-8-16-3/h6-7,9,16H,4-5,8,10H2,1-3H3. The molecule has 2 aromatic rings. The molecule has 4 nitrogen and oxygen atoms in total. The van der Waals surface area contributed by atoms with E-state index in [1.54, 1.807) is 0 Å². The van der Waals surface area contributed by atoms with Crippen molar-refractivity contribution in [3.8, 4) is 0 Å². The Morgan fingerprint density at radius 1 is 1.21 bits per heavy atom. The summed E-state index contributed by atoms with van der Waals surface area (Å²) in [5.41, 5.74) is 3.84. The van der Waals surface area contributed by atoms with Crippen molar-refractivity contribution in [3.05, 3.63) is 46.6 Å². The van der Waals surface area contributed by atoms with Crippen LogP contribution in [0.4, 0.5) is 0 Å². The van der Waals surface area contributed by atoms with E-state index < -0.39 is 0 Å². The Morgan fingerprint density at radius 3 is 2.79 bits per heavy atom. The van der Waals surface area contributed by atoms with Crippen molar-refractivity contribution in [1.29, 1.82) is 0 Å². The van der Waals surface area contributed by atoms with E-state index in [1.807, 2.05) is 7.05 Å². The third kappa shape index (κ3) is 3.89. The molecule has 0 aliphatic heterocycles. The lowest BCUT2D eigenvalue weighted by molar-refractivity contribution is 0.370. The zero-order valence-corrected chi connectivity index (χ0v) is 11.9. The van der Waals surface area contributed by atoms with Crippen LogP contribution in [0, 0.1) is 13.8 Å². The van der Waals surface area contributed by atoms with Crippen molar-refractivity contribution in [2.45, 2.75) is 33.1 Å². The Labute approximate surface area is 114 Å². The molecular formula is C15H21N3O. The number of hydrogen-bond acceptors (Lipinski definition) is 4. The van der Waals surface area contributed by atoms with Crippen LogP contribution in [0.15, 0.2) is 22.7 Å². The molecule has 0 atom stereocenters. The summed E-state index contributed by atoms with van der Waals surface area (Å²) in [6.07, 6.45) is 2.58. The van der Waals surface area contributed by atoms with Crippen LogP contribution in [0.1, 0.15) is 34.8 Å². The number of benzene rings is 1. The fraction of sp³-hybridized carbons (Fsp3) is 0.467. The van der Waals surface area contributed by atoms with Gasteiger partial charge < -0.3 is 9.84 Å². The highest BCUT2D eigenvalue weighted by molar-refractivity contribution is 5.31. The number of nitrogens with one attached hydrogen (secondary N) is 1. The molecule has 1 heterocycles. The second-order valence-electron chi connectivity index (χ2n) is 4.91. The summed E-state index contributed by atoms with van der Waals surface area (Å²) in [5.74, 6) is 1.50. The van der Waals surface area contributed by atoms with E-state index in [9.17, 15) is 0 Å². The topological polar surface area (TPSA) is 51.0 Å². The van der Waals surface area contributed by atoms with Crippen molar-refractivity contribution < 1.29 is 4.52 Å². The van der Waals surface area contributed by atoms with E-state index in [1.165, 1.54) is 16.7 Å². The van der Waals surface area contributed by atoms with Crippen LogP contribution in [0.3, 0.4) is 0 Å². The molecule has 0 spiro atoms. The van der Waals surface area contributed by atoms with E-state index in [2.05, 4.69) is 47.5 Å². The summed E-state index contributed by atoms with van der Waals surface area (Å²) >= 11 is 0. The van der Waals surface area contributed by atoms with Gasteiger partial charge in [0.25, 0.3) is 0 Å². The molecule has 2 rings (SSSR count). The molecule has 0 unspecified atom stereocenters. The zero-order valence-electron chi connectivity index (χ0n) is 11.9. The quantitative estimate of drug-likeness (QED) is 0.809. The molecule has 102 valence electrons. The molecule has 0 aliphatic carbocycles. The lowest BCUT2D eigenvalue weighted by Crippen LogP contribution is -2.08. The molecular weight excluding hydrogens is 238 g/mol. The highest BCUT2D eigenvalue weighted by Crippen LogP contribution is 2.13. The first-order valence-electron chi connectivity index (χ1n) is 6.71. The molecule has 1 aromatic carbocycles. The molecule has 0 radical (unpaired) electrons. The molecule has 1 N–H and O–H groups in total. The first-order valence-corrected chi connectivity index (χ1v) is 6.71. The summed E-state index contributed by atoms with van der Waals surface area (Å²) in [5, 5.41) is 7.14. The van der Waals surface area contributed by atoms with E-state index in [0.29, 0.717) is 0 Å². The lowest BCUT2D eigenvalue weighted by Gasteiger charge is -2.02. The van der Waals surface area contributed by atoms with Crippen molar-refractivity contribution in [2.24, 2.45) is 0 Å². The smallest absolute Gasteiger partial charge is 0.226 e. The maximum atomic E-state index is 5.25. The Hall–Kier alpha value is -1.68. The molecule has 4 heteroatoms. The van der Waals surface area contributed by atoms with Gasteiger partial charge in [-0.05, 0) is 50.6 Å². The van der Waals surface area contributed by atoms with Crippen LogP contribution < -0.4 is 5.32 Å². The van der Waals surface area contributed by atoms with Gasteiger partial charge >= 0.3 is 0 Å². The van der Waals surface area contributed by atoms with E-state index >= 15 is 0 Å². The highest BCUT2D eigenvalue weighted by Gasteiger charge is 2.07. The maximum Gasteiger partial charge on any atom is 0.226 e. The predicted octanol–water partition coefficient (Wildman–Crippen LogP) is 2.43. The van der Waals surface area contributed by atoms with Crippen LogP contribution >= 0.6 is 0 Å². The fourth-order valence-corrected chi connectivity index (χ4v) is 1.98. The number of aryl methyl sites for hydroxylation is 3.